The second kappa shape index (κ2) is 9.20. The van der Waals surface area contributed by atoms with Gasteiger partial charge < -0.3 is 15.0 Å². The molecule has 1 saturated heterocycles. The molecule has 3 rings (SSSR count). The van der Waals surface area contributed by atoms with Crippen LogP contribution in [-0.4, -0.2) is 37.1 Å². The highest BCUT2D eigenvalue weighted by atomic mass is 16.5. The Kier molecular flexibility index (Phi) is 6.68. The van der Waals surface area contributed by atoms with Crippen LogP contribution in [0.2, 0.25) is 0 Å². The van der Waals surface area contributed by atoms with Crippen LogP contribution < -0.4 is 10.2 Å². The Hall–Kier alpha value is -2.40. The van der Waals surface area contributed by atoms with Crippen molar-refractivity contribution in [2.45, 2.75) is 40.2 Å². The number of hydrogen-bond acceptors (Lipinski definition) is 5. The topological polar surface area (TPSA) is 54.5 Å². The number of esters is 1. The van der Waals surface area contributed by atoms with Crippen LogP contribution in [0.15, 0.2) is 42.6 Å². The van der Waals surface area contributed by atoms with Gasteiger partial charge in [-0.2, -0.15) is 0 Å². The van der Waals surface area contributed by atoms with E-state index in [1.165, 1.54) is 11.3 Å². The highest BCUT2D eigenvalue weighted by Gasteiger charge is 2.22. The molecule has 0 aliphatic carbocycles. The molecule has 0 radical (unpaired) electrons. The Labute approximate surface area is 168 Å². The van der Waals surface area contributed by atoms with Gasteiger partial charge in [0.15, 0.2) is 0 Å². The number of ether oxygens (including phenoxy) is 1. The number of pyridine rings is 1. The number of carbonyl (C=O) groups excluding carboxylic acids is 1. The predicted octanol–water partition coefficient (Wildman–Crippen LogP) is 3.37. The average molecular weight is 382 g/mol. The number of carbonyl (C=O) groups is 1. The van der Waals surface area contributed by atoms with Crippen molar-refractivity contribution in [1.29, 1.82) is 0 Å². The molecule has 5 heteroatoms. The van der Waals surface area contributed by atoms with Gasteiger partial charge in [0.1, 0.15) is 6.61 Å². The maximum absolute atomic E-state index is 11.9. The lowest BCUT2D eigenvalue weighted by Gasteiger charge is -2.29. The number of piperazine rings is 1. The molecule has 1 aromatic heterocycles. The van der Waals surface area contributed by atoms with E-state index >= 15 is 0 Å². The first kappa shape index (κ1) is 20.3. The number of hydrogen-bond donors (Lipinski definition) is 1. The first-order valence-electron chi connectivity index (χ1n) is 10.1. The molecular formula is C23H31N3O2. The van der Waals surface area contributed by atoms with E-state index in [4.69, 9.17) is 4.74 Å². The Morgan fingerprint density at radius 1 is 1.11 bits per heavy atom. The fourth-order valence-corrected chi connectivity index (χ4v) is 3.19. The van der Waals surface area contributed by atoms with Crippen LogP contribution >= 0.6 is 0 Å². The molecule has 28 heavy (non-hydrogen) atoms. The van der Waals surface area contributed by atoms with E-state index in [1.807, 2.05) is 39.1 Å². The zero-order valence-corrected chi connectivity index (χ0v) is 17.2. The summed E-state index contributed by atoms with van der Waals surface area (Å²) in [5, 5.41) is 3.37. The molecular weight excluding hydrogens is 350 g/mol. The van der Waals surface area contributed by atoms with Crippen molar-refractivity contribution >= 4 is 11.7 Å². The highest BCUT2D eigenvalue weighted by molar-refractivity contribution is 5.75. The van der Waals surface area contributed by atoms with E-state index in [0.717, 1.165) is 50.3 Å². The molecule has 1 N–H and O–H groups in total. The van der Waals surface area contributed by atoms with E-state index in [2.05, 4.69) is 39.5 Å². The average Bonchev–Trinajstić information content (AvgIpc) is 2.71. The quantitative estimate of drug-likeness (QED) is 0.778. The normalized spacial score (nSPS) is 14.8. The number of nitrogens with one attached hydrogen (secondary N) is 1. The molecule has 0 amide bonds. The third-order valence-corrected chi connectivity index (χ3v) is 4.93. The minimum absolute atomic E-state index is 0.174. The number of nitrogens with zero attached hydrogens (tertiary/aromatic N) is 2. The van der Waals surface area contributed by atoms with Crippen molar-refractivity contribution in [1.82, 2.24) is 10.3 Å². The van der Waals surface area contributed by atoms with E-state index < -0.39 is 5.41 Å². The van der Waals surface area contributed by atoms with Crippen LogP contribution in [0.4, 0.5) is 5.69 Å². The fraction of sp³-hybridized carbons (Fsp3) is 0.478. The molecule has 2 aromatic rings. The molecule has 5 nitrogen and oxygen atoms in total. The Morgan fingerprint density at radius 2 is 1.86 bits per heavy atom. The van der Waals surface area contributed by atoms with Crippen LogP contribution in [0.25, 0.3) is 0 Å². The predicted molar refractivity (Wildman–Crippen MR) is 112 cm³/mol. The number of anilines is 1. The summed E-state index contributed by atoms with van der Waals surface area (Å²) in [5.74, 6) is -0.174. The van der Waals surface area contributed by atoms with Crippen molar-refractivity contribution in [3.63, 3.8) is 0 Å². The molecule has 1 aromatic carbocycles. The third-order valence-electron chi connectivity index (χ3n) is 4.93. The maximum atomic E-state index is 11.9. The van der Waals surface area contributed by atoms with Crippen LogP contribution in [0.1, 0.15) is 37.6 Å². The molecule has 1 aliphatic heterocycles. The molecule has 0 saturated carbocycles. The SMILES string of the molecule is CC(C)(C)C(=O)OCc1cccc(CCc2ccc(N3CCNCC3)cn2)c1. The van der Waals surface area contributed by atoms with Gasteiger partial charge >= 0.3 is 5.97 Å². The van der Waals surface area contributed by atoms with Crippen molar-refractivity contribution < 1.29 is 9.53 Å². The summed E-state index contributed by atoms with van der Waals surface area (Å²) in [6, 6.07) is 12.6. The smallest absolute Gasteiger partial charge is 0.311 e. The Balaban J connectivity index is 1.52. The van der Waals surface area contributed by atoms with Gasteiger partial charge in [-0.15, -0.1) is 0 Å². The van der Waals surface area contributed by atoms with E-state index in [9.17, 15) is 4.79 Å². The largest absolute Gasteiger partial charge is 0.460 e. The van der Waals surface area contributed by atoms with E-state index in [1.54, 1.807) is 0 Å². The molecule has 0 atom stereocenters. The summed E-state index contributed by atoms with van der Waals surface area (Å²) in [6.45, 7) is 10.1. The van der Waals surface area contributed by atoms with Gasteiger partial charge in [-0.05, 0) is 56.9 Å². The number of rotatable bonds is 6. The summed E-state index contributed by atoms with van der Waals surface area (Å²) < 4.78 is 5.42. The van der Waals surface area contributed by atoms with Crippen LogP contribution in [0.3, 0.4) is 0 Å². The first-order valence-corrected chi connectivity index (χ1v) is 10.1. The number of benzene rings is 1. The van der Waals surface area contributed by atoms with Crippen molar-refractivity contribution in [2.24, 2.45) is 5.41 Å². The first-order chi connectivity index (χ1) is 13.4. The summed E-state index contributed by atoms with van der Waals surface area (Å²) in [4.78, 5) is 19.0. The molecule has 0 spiro atoms. The molecule has 150 valence electrons. The fourth-order valence-electron chi connectivity index (χ4n) is 3.19. The molecule has 0 unspecified atom stereocenters. The monoisotopic (exact) mass is 381 g/mol. The van der Waals surface area contributed by atoms with Gasteiger partial charge in [-0.25, -0.2) is 0 Å². The lowest BCUT2D eigenvalue weighted by molar-refractivity contribution is -0.154. The Bertz CT molecular complexity index is 775. The van der Waals surface area contributed by atoms with Gasteiger partial charge in [0.2, 0.25) is 0 Å². The van der Waals surface area contributed by atoms with Crippen LogP contribution in [0.5, 0.6) is 0 Å². The lowest BCUT2D eigenvalue weighted by atomic mass is 9.97. The zero-order chi connectivity index (χ0) is 20.0. The standard InChI is InChI=1S/C23H31N3O2/c1-23(2,3)22(27)28-17-19-6-4-5-18(15-19)7-8-20-9-10-21(16-25-20)26-13-11-24-12-14-26/h4-6,9-10,15-16,24H,7-8,11-14,17H2,1-3H3. The number of aryl methyl sites for hydroxylation is 2. The van der Waals surface area contributed by atoms with Crippen molar-refractivity contribution in [3.05, 3.63) is 59.4 Å². The summed E-state index contributed by atoms with van der Waals surface area (Å²) in [7, 11) is 0. The van der Waals surface area contributed by atoms with Gasteiger partial charge in [-0.3, -0.25) is 9.78 Å². The molecule has 1 fully saturated rings. The van der Waals surface area contributed by atoms with Gasteiger partial charge in [0, 0.05) is 31.9 Å². The van der Waals surface area contributed by atoms with E-state index in [0.29, 0.717) is 6.61 Å². The summed E-state index contributed by atoms with van der Waals surface area (Å²) in [5.41, 5.74) is 4.09. The second-order valence-electron chi connectivity index (χ2n) is 8.39. The minimum Gasteiger partial charge on any atom is -0.460 e. The lowest BCUT2D eigenvalue weighted by Crippen LogP contribution is -2.43. The van der Waals surface area contributed by atoms with Gasteiger partial charge in [-0.1, -0.05) is 24.3 Å². The Morgan fingerprint density at radius 3 is 2.54 bits per heavy atom. The molecule has 0 bridgehead atoms. The van der Waals surface area contributed by atoms with E-state index in [-0.39, 0.29) is 5.97 Å². The van der Waals surface area contributed by atoms with Crippen LogP contribution in [0, 0.1) is 5.41 Å². The highest BCUT2D eigenvalue weighted by Crippen LogP contribution is 2.18. The second-order valence-corrected chi connectivity index (χ2v) is 8.39. The van der Waals surface area contributed by atoms with Crippen molar-refractivity contribution in [3.8, 4) is 0 Å². The van der Waals surface area contributed by atoms with Gasteiger partial charge in [0.25, 0.3) is 0 Å². The minimum atomic E-state index is -0.472. The zero-order valence-electron chi connectivity index (χ0n) is 17.2. The van der Waals surface area contributed by atoms with Crippen molar-refractivity contribution in [2.75, 3.05) is 31.1 Å². The maximum Gasteiger partial charge on any atom is 0.311 e. The number of aromatic nitrogens is 1. The molecule has 2 heterocycles. The summed E-state index contributed by atoms with van der Waals surface area (Å²) >= 11 is 0. The van der Waals surface area contributed by atoms with Crippen LogP contribution in [-0.2, 0) is 29.0 Å². The summed E-state index contributed by atoms with van der Waals surface area (Å²) in [6.07, 6.45) is 3.80. The van der Waals surface area contributed by atoms with Gasteiger partial charge in [0.05, 0.1) is 17.3 Å². The third kappa shape index (κ3) is 5.80. The molecule has 1 aliphatic rings.